The van der Waals surface area contributed by atoms with Gasteiger partial charge in [0.1, 0.15) is 27.2 Å². The maximum atomic E-state index is 6.35. The van der Waals surface area contributed by atoms with Crippen molar-refractivity contribution in [1.29, 1.82) is 0 Å². The van der Waals surface area contributed by atoms with Crippen LogP contribution in [0.25, 0.3) is 125 Å². The topological polar surface area (TPSA) is 57.0 Å². The first-order chi connectivity index (χ1) is 27.7. The van der Waals surface area contributed by atoms with Crippen LogP contribution < -0.4 is 0 Å². The minimum atomic E-state index is 0.690. The van der Waals surface area contributed by atoms with Gasteiger partial charge in [-0.05, 0) is 72.1 Å². The molecular formula is C50H27N3O2S. The maximum Gasteiger partial charge on any atom is 0.162 e. The van der Waals surface area contributed by atoms with E-state index in [9.17, 15) is 0 Å². The molecule has 0 atom stereocenters. The quantitative estimate of drug-likeness (QED) is 0.181. The fraction of sp³-hybridized carbons (Fsp3) is 0. The van der Waals surface area contributed by atoms with Crippen molar-refractivity contribution in [2.75, 3.05) is 0 Å². The average molecular weight is 734 g/mol. The standard InChI is InChI=1S/C50H27N3O2S/c1-2-12-30-29(11-1)35(22-23-41(30)53-39-17-7-3-13-31(39)32-14-4-8-18-40(32)53)49-51-48(28-21-24-44-36(25-28)33-15-5-9-19-42(33)54-44)47-38-26-37-34-16-6-10-20-43(34)55-45(37)27-46(38)56-50(47)52-49/h1-27H. The summed E-state index contributed by atoms with van der Waals surface area (Å²) in [7, 11) is 0. The monoisotopic (exact) mass is 733 g/mol. The first kappa shape index (κ1) is 30.1. The van der Waals surface area contributed by atoms with E-state index in [-0.39, 0.29) is 0 Å². The molecule has 56 heavy (non-hydrogen) atoms. The highest BCUT2D eigenvalue weighted by molar-refractivity contribution is 7.25. The molecule has 13 rings (SSSR count). The third-order valence-electron chi connectivity index (χ3n) is 11.4. The fourth-order valence-corrected chi connectivity index (χ4v) is 10.0. The van der Waals surface area contributed by atoms with Gasteiger partial charge < -0.3 is 13.4 Å². The number of aromatic nitrogens is 3. The number of hydrogen-bond acceptors (Lipinski definition) is 5. The van der Waals surface area contributed by atoms with E-state index in [1.54, 1.807) is 11.3 Å². The summed E-state index contributed by atoms with van der Waals surface area (Å²) < 4.78 is 16.1. The minimum Gasteiger partial charge on any atom is -0.456 e. The van der Waals surface area contributed by atoms with E-state index in [2.05, 4.69) is 144 Å². The van der Waals surface area contributed by atoms with Crippen LogP contribution >= 0.6 is 11.3 Å². The first-order valence-electron chi connectivity index (χ1n) is 18.7. The largest absolute Gasteiger partial charge is 0.456 e. The maximum absolute atomic E-state index is 6.35. The summed E-state index contributed by atoms with van der Waals surface area (Å²) >= 11 is 1.69. The van der Waals surface area contributed by atoms with Gasteiger partial charge >= 0.3 is 0 Å². The normalized spacial score (nSPS) is 12.3. The zero-order valence-electron chi connectivity index (χ0n) is 29.7. The van der Waals surface area contributed by atoms with Crippen molar-refractivity contribution in [2.24, 2.45) is 0 Å². The first-order valence-corrected chi connectivity index (χ1v) is 19.5. The molecule has 8 aromatic carbocycles. The van der Waals surface area contributed by atoms with Crippen molar-refractivity contribution in [3.05, 3.63) is 164 Å². The molecule has 0 fully saturated rings. The zero-order chi connectivity index (χ0) is 36.5. The number of rotatable bonds is 3. The smallest absolute Gasteiger partial charge is 0.162 e. The summed E-state index contributed by atoms with van der Waals surface area (Å²) in [6.07, 6.45) is 0. The molecule has 0 N–H and O–H groups in total. The van der Waals surface area contributed by atoms with Crippen LogP contribution in [0.2, 0.25) is 0 Å². The summed E-state index contributed by atoms with van der Waals surface area (Å²) in [5.74, 6) is 0.690. The summed E-state index contributed by atoms with van der Waals surface area (Å²) in [6.45, 7) is 0. The Labute approximate surface area is 322 Å². The Morgan fingerprint density at radius 1 is 0.429 bits per heavy atom. The Bertz CT molecular complexity index is 3740. The Hall–Kier alpha value is -7.28. The molecule has 0 radical (unpaired) electrons. The van der Waals surface area contributed by atoms with Crippen LogP contribution in [0.15, 0.2) is 173 Å². The van der Waals surface area contributed by atoms with Crippen LogP contribution in [-0.2, 0) is 0 Å². The van der Waals surface area contributed by atoms with Gasteiger partial charge in [-0.25, -0.2) is 9.97 Å². The highest BCUT2D eigenvalue weighted by atomic mass is 32.1. The van der Waals surface area contributed by atoms with Crippen LogP contribution in [0.5, 0.6) is 0 Å². The molecule has 5 aromatic heterocycles. The van der Waals surface area contributed by atoms with Crippen molar-refractivity contribution in [1.82, 2.24) is 14.5 Å². The van der Waals surface area contributed by atoms with E-state index >= 15 is 0 Å². The van der Waals surface area contributed by atoms with E-state index in [1.807, 2.05) is 24.3 Å². The highest BCUT2D eigenvalue weighted by Crippen LogP contribution is 2.45. The molecule has 0 aliphatic carbocycles. The van der Waals surface area contributed by atoms with Crippen molar-refractivity contribution in [3.63, 3.8) is 0 Å². The SMILES string of the molecule is c1ccc2c(c1)oc1ccc(-c3nc(-c4ccc(-n5c6ccccc6c6ccccc65)c5ccccc45)nc4sc5cc6oc7ccccc7c6cc5c34)cc12. The molecule has 260 valence electrons. The molecule has 0 unspecified atom stereocenters. The molecule has 5 heterocycles. The third-order valence-corrected chi connectivity index (χ3v) is 12.5. The Balaban J connectivity index is 1.10. The number of nitrogens with zero attached hydrogens (tertiary/aromatic N) is 3. The molecule has 0 bridgehead atoms. The van der Waals surface area contributed by atoms with Gasteiger partial charge in [0.05, 0.1) is 22.4 Å². The molecule has 0 spiro atoms. The van der Waals surface area contributed by atoms with Gasteiger partial charge in [0, 0.05) is 64.3 Å². The second kappa shape index (κ2) is 11.1. The van der Waals surface area contributed by atoms with Gasteiger partial charge in [0.25, 0.3) is 0 Å². The summed E-state index contributed by atoms with van der Waals surface area (Å²) in [5.41, 5.74) is 9.86. The van der Waals surface area contributed by atoms with Gasteiger partial charge in [-0.2, -0.15) is 0 Å². The lowest BCUT2D eigenvalue weighted by Gasteiger charge is -2.15. The number of fused-ring (bicyclic) bond motifs is 13. The lowest BCUT2D eigenvalue weighted by atomic mass is 10.00. The van der Waals surface area contributed by atoms with Gasteiger partial charge in [-0.15, -0.1) is 11.3 Å². The van der Waals surface area contributed by atoms with Crippen molar-refractivity contribution >= 4 is 108 Å². The molecular weight excluding hydrogens is 707 g/mol. The average Bonchev–Trinajstić information content (AvgIpc) is 4.00. The van der Waals surface area contributed by atoms with Crippen LogP contribution in [0, 0.1) is 0 Å². The number of para-hydroxylation sites is 4. The van der Waals surface area contributed by atoms with E-state index in [1.165, 1.54) is 21.8 Å². The lowest BCUT2D eigenvalue weighted by Crippen LogP contribution is -1.98. The van der Waals surface area contributed by atoms with Crippen molar-refractivity contribution < 1.29 is 8.83 Å². The number of furan rings is 2. The molecule has 0 aliphatic rings. The fourth-order valence-electron chi connectivity index (χ4n) is 8.95. The molecule has 0 saturated carbocycles. The predicted molar refractivity (Wildman–Crippen MR) is 232 cm³/mol. The lowest BCUT2D eigenvalue weighted by molar-refractivity contribution is 0.669. The van der Waals surface area contributed by atoms with Crippen molar-refractivity contribution in [2.45, 2.75) is 0 Å². The third kappa shape index (κ3) is 4.13. The zero-order valence-corrected chi connectivity index (χ0v) is 30.5. The van der Waals surface area contributed by atoms with Gasteiger partial charge in [0.2, 0.25) is 0 Å². The minimum absolute atomic E-state index is 0.690. The molecule has 5 nitrogen and oxygen atoms in total. The van der Waals surface area contributed by atoms with Crippen LogP contribution in [0.1, 0.15) is 0 Å². The van der Waals surface area contributed by atoms with Crippen LogP contribution in [0.4, 0.5) is 0 Å². The van der Waals surface area contributed by atoms with E-state index < -0.39 is 0 Å². The second-order valence-corrected chi connectivity index (χ2v) is 15.5. The second-order valence-electron chi connectivity index (χ2n) is 14.5. The van der Waals surface area contributed by atoms with Crippen LogP contribution in [0.3, 0.4) is 0 Å². The Morgan fingerprint density at radius 2 is 1.02 bits per heavy atom. The Morgan fingerprint density at radius 3 is 1.75 bits per heavy atom. The van der Waals surface area contributed by atoms with Gasteiger partial charge in [-0.1, -0.05) is 97.1 Å². The predicted octanol–water partition coefficient (Wildman–Crippen LogP) is 14.2. The highest BCUT2D eigenvalue weighted by Gasteiger charge is 2.22. The van der Waals surface area contributed by atoms with Crippen LogP contribution in [-0.4, -0.2) is 14.5 Å². The van der Waals surface area contributed by atoms with E-state index in [4.69, 9.17) is 18.8 Å². The number of hydrogen-bond donors (Lipinski definition) is 0. The molecule has 0 aliphatic heterocycles. The molecule has 0 amide bonds. The van der Waals surface area contributed by atoms with Gasteiger partial charge in [-0.3, -0.25) is 0 Å². The summed E-state index contributed by atoms with van der Waals surface area (Å²) in [4.78, 5) is 11.9. The van der Waals surface area contributed by atoms with E-state index in [0.717, 1.165) is 97.5 Å². The van der Waals surface area contributed by atoms with Crippen molar-refractivity contribution in [3.8, 4) is 28.3 Å². The van der Waals surface area contributed by atoms with Gasteiger partial charge in [0.15, 0.2) is 5.82 Å². The summed E-state index contributed by atoms with van der Waals surface area (Å²) in [5, 5.41) is 11.2. The number of benzene rings is 8. The molecule has 0 saturated heterocycles. The molecule has 6 heteroatoms. The molecule has 13 aromatic rings. The van der Waals surface area contributed by atoms with E-state index in [0.29, 0.717) is 5.82 Å². The Kier molecular flexibility index (Phi) is 5.98. The summed E-state index contributed by atoms with van der Waals surface area (Å²) in [6, 6.07) is 57.7. The number of thiophene rings is 1.